The van der Waals surface area contributed by atoms with Gasteiger partial charge in [-0.1, -0.05) is 0 Å². The van der Waals surface area contributed by atoms with Crippen molar-refractivity contribution in [2.45, 2.75) is 20.0 Å². The lowest BCUT2D eigenvalue weighted by molar-refractivity contribution is -0.137. The topological polar surface area (TPSA) is 22.1 Å². The van der Waals surface area contributed by atoms with Crippen LogP contribution in [0.15, 0.2) is 12.1 Å². The van der Waals surface area contributed by atoms with Gasteiger partial charge >= 0.3 is 6.18 Å². The number of halogens is 3. The maximum Gasteiger partial charge on any atom is 0.416 e. The van der Waals surface area contributed by atoms with Crippen molar-refractivity contribution >= 4 is 0 Å². The van der Waals surface area contributed by atoms with E-state index in [2.05, 4.69) is 4.98 Å². The Labute approximate surface area is 79.7 Å². The highest BCUT2D eigenvalue weighted by atomic mass is 19.4. The number of pyridine rings is 1. The molecule has 0 atom stereocenters. The Morgan fingerprint density at radius 3 is 2.50 bits per heavy atom. The summed E-state index contributed by atoms with van der Waals surface area (Å²) in [6.07, 6.45) is -4.35. The number of hydrogen-bond donors (Lipinski definition) is 0. The minimum atomic E-state index is -4.35. The maximum atomic E-state index is 12.3. The van der Waals surface area contributed by atoms with Gasteiger partial charge in [0, 0.05) is 11.8 Å². The third-order valence-corrected chi connectivity index (χ3v) is 1.55. The number of rotatable bonds is 2. The number of aromatic nitrogens is 1. The molecule has 0 radical (unpaired) electrons. The van der Waals surface area contributed by atoms with Crippen LogP contribution in [-0.4, -0.2) is 11.6 Å². The fourth-order valence-corrected chi connectivity index (χ4v) is 1.02. The molecule has 1 rings (SSSR count). The van der Waals surface area contributed by atoms with Crippen molar-refractivity contribution in [2.75, 3.05) is 6.61 Å². The maximum absolute atomic E-state index is 12.3. The molecule has 0 aliphatic heterocycles. The summed E-state index contributed by atoms with van der Waals surface area (Å²) < 4.78 is 41.8. The molecular formula is C9H10F3NO. The van der Waals surface area contributed by atoms with Crippen LogP contribution in [0.5, 0.6) is 5.88 Å². The quantitative estimate of drug-likeness (QED) is 0.740. The Morgan fingerprint density at radius 2 is 2.00 bits per heavy atom. The molecular weight excluding hydrogens is 195 g/mol. The summed E-state index contributed by atoms with van der Waals surface area (Å²) >= 11 is 0. The van der Waals surface area contributed by atoms with Crippen LogP contribution < -0.4 is 4.74 Å². The third kappa shape index (κ3) is 2.61. The predicted octanol–water partition coefficient (Wildman–Crippen LogP) is 2.81. The van der Waals surface area contributed by atoms with Gasteiger partial charge in [-0.3, -0.25) is 0 Å². The van der Waals surface area contributed by atoms with Gasteiger partial charge in [-0.25, -0.2) is 4.98 Å². The molecule has 0 fully saturated rings. The molecule has 0 unspecified atom stereocenters. The SMILES string of the molecule is CCOc1cc(C(F)(F)F)cc(C)n1. The highest BCUT2D eigenvalue weighted by Gasteiger charge is 2.31. The Bertz CT molecular complexity index is 322. The van der Waals surface area contributed by atoms with E-state index in [1.807, 2.05) is 0 Å². The first-order valence-corrected chi connectivity index (χ1v) is 4.12. The zero-order valence-electron chi connectivity index (χ0n) is 7.85. The van der Waals surface area contributed by atoms with E-state index >= 15 is 0 Å². The molecule has 14 heavy (non-hydrogen) atoms. The van der Waals surface area contributed by atoms with Crippen LogP contribution in [0.1, 0.15) is 18.2 Å². The van der Waals surface area contributed by atoms with Crippen LogP contribution in [0.3, 0.4) is 0 Å². The van der Waals surface area contributed by atoms with Gasteiger partial charge in [-0.05, 0) is 19.9 Å². The molecule has 0 amide bonds. The minimum Gasteiger partial charge on any atom is -0.478 e. The number of hydrogen-bond acceptors (Lipinski definition) is 2. The summed E-state index contributed by atoms with van der Waals surface area (Å²) in [6, 6.07) is 1.89. The molecule has 0 aromatic carbocycles. The smallest absolute Gasteiger partial charge is 0.416 e. The van der Waals surface area contributed by atoms with E-state index in [-0.39, 0.29) is 5.88 Å². The zero-order valence-corrected chi connectivity index (χ0v) is 7.85. The number of alkyl halides is 3. The second-order valence-corrected chi connectivity index (χ2v) is 2.77. The van der Waals surface area contributed by atoms with Gasteiger partial charge in [0.15, 0.2) is 0 Å². The molecule has 0 bridgehead atoms. The molecule has 1 aromatic rings. The first-order chi connectivity index (χ1) is 6.43. The second kappa shape index (κ2) is 3.86. The standard InChI is InChI=1S/C9H10F3NO/c1-3-14-8-5-7(9(10,11)12)4-6(2)13-8/h4-5H,3H2,1-2H3. The number of ether oxygens (including phenoxy) is 1. The average Bonchev–Trinajstić information content (AvgIpc) is 2.02. The molecule has 0 aliphatic carbocycles. The molecule has 1 heterocycles. The van der Waals surface area contributed by atoms with Gasteiger partial charge in [-0.2, -0.15) is 13.2 Å². The van der Waals surface area contributed by atoms with Gasteiger partial charge in [0.2, 0.25) is 5.88 Å². The first kappa shape index (κ1) is 10.8. The summed E-state index contributed by atoms with van der Waals surface area (Å²) in [7, 11) is 0. The van der Waals surface area contributed by atoms with Gasteiger partial charge in [-0.15, -0.1) is 0 Å². The largest absolute Gasteiger partial charge is 0.478 e. The molecule has 0 N–H and O–H groups in total. The molecule has 0 spiro atoms. The molecule has 0 saturated carbocycles. The number of aryl methyl sites for hydroxylation is 1. The van der Waals surface area contributed by atoms with Crippen LogP contribution in [0, 0.1) is 6.92 Å². The zero-order chi connectivity index (χ0) is 10.8. The van der Waals surface area contributed by atoms with E-state index in [1.54, 1.807) is 6.92 Å². The number of nitrogens with zero attached hydrogens (tertiary/aromatic N) is 1. The van der Waals surface area contributed by atoms with Crippen LogP contribution >= 0.6 is 0 Å². The van der Waals surface area contributed by atoms with E-state index in [0.717, 1.165) is 12.1 Å². The molecule has 1 aromatic heterocycles. The normalized spacial score (nSPS) is 11.5. The lowest BCUT2D eigenvalue weighted by Gasteiger charge is -2.09. The van der Waals surface area contributed by atoms with E-state index in [0.29, 0.717) is 12.3 Å². The predicted molar refractivity (Wildman–Crippen MR) is 45.1 cm³/mol. The van der Waals surface area contributed by atoms with Crippen LogP contribution in [0.25, 0.3) is 0 Å². The fraction of sp³-hybridized carbons (Fsp3) is 0.444. The van der Waals surface area contributed by atoms with E-state index in [9.17, 15) is 13.2 Å². The Balaban J connectivity index is 3.07. The van der Waals surface area contributed by atoms with Crippen molar-refractivity contribution in [2.24, 2.45) is 0 Å². The van der Waals surface area contributed by atoms with Crippen LogP contribution in [0.4, 0.5) is 13.2 Å². The van der Waals surface area contributed by atoms with E-state index < -0.39 is 11.7 Å². The van der Waals surface area contributed by atoms with Gasteiger partial charge in [0.1, 0.15) is 0 Å². The highest BCUT2D eigenvalue weighted by molar-refractivity contribution is 5.26. The van der Waals surface area contributed by atoms with Crippen LogP contribution in [-0.2, 0) is 6.18 Å². The van der Waals surface area contributed by atoms with Crippen molar-refractivity contribution in [1.29, 1.82) is 0 Å². The summed E-state index contributed by atoms with van der Waals surface area (Å²) in [6.45, 7) is 3.49. The third-order valence-electron chi connectivity index (χ3n) is 1.55. The van der Waals surface area contributed by atoms with Crippen molar-refractivity contribution in [3.63, 3.8) is 0 Å². The summed E-state index contributed by atoms with van der Waals surface area (Å²) in [5, 5.41) is 0. The minimum absolute atomic E-state index is 0.0137. The lowest BCUT2D eigenvalue weighted by atomic mass is 10.2. The van der Waals surface area contributed by atoms with Gasteiger partial charge in [0.25, 0.3) is 0 Å². The van der Waals surface area contributed by atoms with Crippen molar-refractivity contribution in [3.05, 3.63) is 23.4 Å². The summed E-state index contributed by atoms with van der Waals surface area (Å²) in [4.78, 5) is 3.81. The average molecular weight is 205 g/mol. The van der Waals surface area contributed by atoms with Crippen molar-refractivity contribution in [3.8, 4) is 5.88 Å². The van der Waals surface area contributed by atoms with Gasteiger partial charge < -0.3 is 4.74 Å². The van der Waals surface area contributed by atoms with Crippen molar-refractivity contribution < 1.29 is 17.9 Å². The monoisotopic (exact) mass is 205 g/mol. The first-order valence-electron chi connectivity index (χ1n) is 4.12. The van der Waals surface area contributed by atoms with E-state index in [4.69, 9.17) is 4.74 Å². The Morgan fingerprint density at radius 1 is 1.36 bits per heavy atom. The second-order valence-electron chi connectivity index (χ2n) is 2.77. The fourth-order valence-electron chi connectivity index (χ4n) is 1.02. The van der Waals surface area contributed by atoms with Crippen molar-refractivity contribution in [1.82, 2.24) is 4.98 Å². The summed E-state index contributed by atoms with van der Waals surface area (Å²) in [5.74, 6) is 0.0137. The molecule has 5 heteroatoms. The molecule has 78 valence electrons. The van der Waals surface area contributed by atoms with Crippen LogP contribution in [0.2, 0.25) is 0 Å². The lowest BCUT2D eigenvalue weighted by Crippen LogP contribution is -2.07. The summed E-state index contributed by atoms with van der Waals surface area (Å²) in [5.41, 5.74) is -0.434. The Kier molecular flexibility index (Phi) is 2.98. The molecule has 0 aliphatic rings. The van der Waals surface area contributed by atoms with Gasteiger partial charge in [0.05, 0.1) is 12.2 Å². The highest BCUT2D eigenvalue weighted by Crippen LogP contribution is 2.31. The Hall–Kier alpha value is -1.26. The molecule has 0 saturated heterocycles. The van der Waals surface area contributed by atoms with E-state index in [1.165, 1.54) is 6.92 Å². The molecule has 2 nitrogen and oxygen atoms in total.